The van der Waals surface area contributed by atoms with Crippen LogP contribution >= 0.6 is 0 Å². The molecule has 3 aliphatic rings. The van der Waals surface area contributed by atoms with E-state index in [-0.39, 0.29) is 5.60 Å². The number of piperidine rings is 1. The van der Waals surface area contributed by atoms with Crippen molar-refractivity contribution >= 4 is 22.7 Å². The highest BCUT2D eigenvalue weighted by molar-refractivity contribution is 5.84. The molecule has 1 fully saturated rings. The first kappa shape index (κ1) is 23.4. The summed E-state index contributed by atoms with van der Waals surface area (Å²) in [4.78, 5) is 19.5. The normalized spacial score (nSPS) is 26.9. The number of nitrogens with zero attached hydrogens (tertiary/aromatic N) is 3. The molecule has 2 aromatic heterocycles. The second-order valence-corrected chi connectivity index (χ2v) is 11.0. The lowest BCUT2D eigenvalue weighted by molar-refractivity contribution is 0.0155. The predicted molar refractivity (Wildman–Crippen MR) is 147 cm³/mol. The number of aromatic nitrogens is 4. The Hall–Kier alpha value is -2.96. The van der Waals surface area contributed by atoms with Crippen LogP contribution in [0.4, 0.5) is 0 Å². The lowest BCUT2D eigenvalue weighted by Crippen LogP contribution is -2.34. The molecule has 0 bridgehead atoms. The van der Waals surface area contributed by atoms with Crippen LogP contribution < -0.4 is 0 Å². The molecule has 0 spiro atoms. The van der Waals surface area contributed by atoms with Crippen LogP contribution in [0.3, 0.4) is 0 Å². The number of hydrogen-bond donors (Lipinski definition) is 2. The summed E-state index contributed by atoms with van der Waals surface area (Å²) < 4.78 is 5.89. The Bertz CT molecular complexity index is 1350. The fourth-order valence-corrected chi connectivity index (χ4v) is 6.17. The number of fused-ring (bicyclic) bond motifs is 2. The van der Waals surface area contributed by atoms with Crippen molar-refractivity contribution in [2.45, 2.75) is 51.6 Å². The first-order chi connectivity index (χ1) is 17.4. The van der Waals surface area contributed by atoms with Gasteiger partial charge in [0.15, 0.2) is 0 Å². The Kier molecular flexibility index (Phi) is 5.97. The van der Waals surface area contributed by atoms with Gasteiger partial charge in [0.05, 0.1) is 22.3 Å². The predicted octanol–water partition coefficient (Wildman–Crippen LogP) is 6.18. The van der Waals surface area contributed by atoms with Crippen molar-refractivity contribution in [2.75, 3.05) is 26.7 Å². The standard InChI is InChI=1S/C30H37N5O/c1-5-36-30(3)14-10-21(11-15-30)28-31-24-8-6-22(18-26(24)33-28)29-32-25-9-7-23(19(2)27(25)34-29)20-12-16-35(4)17-13-20/h6-11,14,18-20,23H,5,12-13,15-17H2,1-4H3,(H,31,33)(H,32,34). The minimum absolute atomic E-state index is 0.228. The van der Waals surface area contributed by atoms with Gasteiger partial charge < -0.3 is 19.6 Å². The molecule has 0 saturated carbocycles. The number of imidazole rings is 2. The third-order valence-electron chi connectivity index (χ3n) is 8.42. The Morgan fingerprint density at radius 1 is 1.11 bits per heavy atom. The highest BCUT2D eigenvalue weighted by atomic mass is 16.5. The Morgan fingerprint density at radius 2 is 1.94 bits per heavy atom. The van der Waals surface area contributed by atoms with Gasteiger partial charge in [-0.05, 0) is 89.4 Å². The molecule has 0 amide bonds. The zero-order valence-electron chi connectivity index (χ0n) is 21.8. The fraction of sp³-hybridized carbons (Fsp3) is 0.467. The Labute approximate surface area is 213 Å². The monoisotopic (exact) mass is 483 g/mol. The molecule has 6 rings (SSSR count). The van der Waals surface area contributed by atoms with Crippen molar-refractivity contribution in [1.82, 2.24) is 24.8 Å². The van der Waals surface area contributed by atoms with Gasteiger partial charge in [-0.15, -0.1) is 0 Å². The van der Waals surface area contributed by atoms with E-state index in [0.717, 1.165) is 51.9 Å². The summed E-state index contributed by atoms with van der Waals surface area (Å²) in [6.45, 7) is 9.64. The lowest BCUT2D eigenvalue weighted by atomic mass is 9.74. The van der Waals surface area contributed by atoms with Gasteiger partial charge >= 0.3 is 0 Å². The van der Waals surface area contributed by atoms with Crippen molar-refractivity contribution in [3.05, 3.63) is 59.7 Å². The SMILES string of the molecule is CCOC1(C)C=CC(c2nc3ccc(-c4nc5c([nH]4)C(C)C(C4CCN(C)CC4)C=C5)cc3[nH]2)=CC1. The highest BCUT2D eigenvalue weighted by Gasteiger charge is 2.33. The van der Waals surface area contributed by atoms with Crippen LogP contribution in [0.15, 0.2) is 42.5 Å². The molecule has 6 heteroatoms. The van der Waals surface area contributed by atoms with Gasteiger partial charge in [0, 0.05) is 29.4 Å². The van der Waals surface area contributed by atoms with Crippen LogP contribution in [0.5, 0.6) is 0 Å². The van der Waals surface area contributed by atoms with E-state index in [4.69, 9.17) is 14.7 Å². The number of rotatable bonds is 5. The molecule has 3 atom stereocenters. The summed E-state index contributed by atoms with van der Waals surface area (Å²) in [5.41, 5.74) is 6.31. The summed E-state index contributed by atoms with van der Waals surface area (Å²) in [6.07, 6.45) is 14.5. The maximum Gasteiger partial charge on any atom is 0.138 e. The van der Waals surface area contributed by atoms with Gasteiger partial charge in [0.1, 0.15) is 11.6 Å². The van der Waals surface area contributed by atoms with E-state index in [2.05, 4.69) is 84.3 Å². The summed E-state index contributed by atoms with van der Waals surface area (Å²) in [5, 5.41) is 0. The number of allylic oxidation sites excluding steroid dienone is 3. The average Bonchev–Trinajstić information content (AvgIpc) is 3.50. The molecule has 188 valence electrons. The van der Waals surface area contributed by atoms with Crippen LogP contribution in [-0.4, -0.2) is 57.2 Å². The molecule has 1 aliphatic heterocycles. The molecule has 3 heterocycles. The highest BCUT2D eigenvalue weighted by Crippen LogP contribution is 2.41. The maximum absolute atomic E-state index is 5.89. The number of aromatic amines is 2. The van der Waals surface area contributed by atoms with E-state index in [1.807, 2.05) is 6.92 Å². The van der Waals surface area contributed by atoms with Gasteiger partial charge in [-0.25, -0.2) is 9.97 Å². The zero-order valence-corrected chi connectivity index (χ0v) is 21.8. The van der Waals surface area contributed by atoms with E-state index in [1.54, 1.807) is 0 Å². The summed E-state index contributed by atoms with van der Waals surface area (Å²) in [6, 6.07) is 6.37. The molecule has 3 aromatic rings. The molecule has 2 N–H and O–H groups in total. The number of nitrogens with one attached hydrogen (secondary N) is 2. The second kappa shape index (κ2) is 9.16. The fourth-order valence-electron chi connectivity index (χ4n) is 6.17. The van der Waals surface area contributed by atoms with E-state index >= 15 is 0 Å². The van der Waals surface area contributed by atoms with Crippen molar-refractivity contribution in [2.24, 2.45) is 11.8 Å². The second-order valence-electron chi connectivity index (χ2n) is 11.0. The van der Waals surface area contributed by atoms with E-state index < -0.39 is 0 Å². The topological polar surface area (TPSA) is 69.8 Å². The van der Waals surface area contributed by atoms with Crippen LogP contribution in [0.25, 0.3) is 34.1 Å². The molecule has 6 nitrogen and oxygen atoms in total. The zero-order chi connectivity index (χ0) is 24.9. The smallest absolute Gasteiger partial charge is 0.138 e. The largest absolute Gasteiger partial charge is 0.371 e. The minimum Gasteiger partial charge on any atom is -0.371 e. The van der Waals surface area contributed by atoms with Gasteiger partial charge in [0.25, 0.3) is 0 Å². The summed E-state index contributed by atoms with van der Waals surface area (Å²) >= 11 is 0. The van der Waals surface area contributed by atoms with Crippen LogP contribution in [-0.2, 0) is 4.74 Å². The molecule has 2 aliphatic carbocycles. The van der Waals surface area contributed by atoms with Gasteiger partial charge in [-0.3, -0.25) is 0 Å². The molecule has 1 saturated heterocycles. The van der Waals surface area contributed by atoms with Crippen LogP contribution in [0.2, 0.25) is 0 Å². The molecule has 36 heavy (non-hydrogen) atoms. The minimum atomic E-state index is -0.228. The maximum atomic E-state index is 5.89. The van der Waals surface area contributed by atoms with Crippen molar-refractivity contribution in [3.63, 3.8) is 0 Å². The third kappa shape index (κ3) is 4.27. The summed E-state index contributed by atoms with van der Waals surface area (Å²) in [5.74, 6) is 3.62. The molecule has 1 aromatic carbocycles. The van der Waals surface area contributed by atoms with Gasteiger partial charge in [-0.2, -0.15) is 0 Å². The quantitative estimate of drug-likeness (QED) is 0.455. The first-order valence-electron chi connectivity index (χ1n) is 13.4. The molecule has 3 unspecified atom stereocenters. The molecule has 0 radical (unpaired) electrons. The third-order valence-corrected chi connectivity index (χ3v) is 8.42. The van der Waals surface area contributed by atoms with Crippen molar-refractivity contribution in [1.29, 1.82) is 0 Å². The summed E-state index contributed by atoms with van der Waals surface area (Å²) in [7, 11) is 2.23. The molecular weight excluding hydrogens is 446 g/mol. The number of benzene rings is 1. The van der Waals surface area contributed by atoms with Crippen LogP contribution in [0, 0.1) is 11.8 Å². The number of H-pyrrole nitrogens is 2. The number of likely N-dealkylation sites (tertiary alicyclic amines) is 1. The van der Waals surface area contributed by atoms with Gasteiger partial charge in [0.2, 0.25) is 0 Å². The van der Waals surface area contributed by atoms with E-state index in [9.17, 15) is 0 Å². The van der Waals surface area contributed by atoms with Crippen molar-refractivity contribution < 1.29 is 4.74 Å². The average molecular weight is 484 g/mol. The van der Waals surface area contributed by atoms with Gasteiger partial charge in [-0.1, -0.05) is 31.2 Å². The number of ether oxygens (including phenoxy) is 1. The molecular formula is C30H37N5O. The van der Waals surface area contributed by atoms with Crippen LogP contribution in [0.1, 0.15) is 63.2 Å². The van der Waals surface area contributed by atoms with Crippen molar-refractivity contribution in [3.8, 4) is 11.4 Å². The number of hydrogen-bond acceptors (Lipinski definition) is 4. The Balaban J connectivity index is 1.23. The Morgan fingerprint density at radius 3 is 2.69 bits per heavy atom. The first-order valence-corrected chi connectivity index (χ1v) is 13.4. The lowest BCUT2D eigenvalue weighted by Gasteiger charge is -2.36. The van der Waals surface area contributed by atoms with E-state index in [0.29, 0.717) is 18.4 Å². The van der Waals surface area contributed by atoms with E-state index in [1.165, 1.54) is 31.6 Å².